The Balaban J connectivity index is 1.64. The van der Waals surface area contributed by atoms with Crippen molar-refractivity contribution in [3.05, 3.63) is 6.33 Å². The summed E-state index contributed by atoms with van der Waals surface area (Å²) >= 11 is 1.51. The van der Waals surface area contributed by atoms with Gasteiger partial charge in [-0.2, -0.15) is 0 Å². The maximum atomic E-state index is 11.8. The lowest BCUT2D eigenvalue weighted by atomic mass is 10.0. The molecule has 1 saturated heterocycles. The topological polar surface area (TPSA) is 97.2 Å². The molecule has 0 unspecified atom stereocenters. The van der Waals surface area contributed by atoms with Crippen molar-refractivity contribution >= 4 is 27.7 Å². The Morgan fingerprint density at radius 1 is 1.55 bits per heavy atom. The third-order valence-corrected chi connectivity index (χ3v) is 5.26. The van der Waals surface area contributed by atoms with Crippen molar-refractivity contribution in [1.29, 1.82) is 0 Å². The van der Waals surface area contributed by atoms with E-state index in [1.165, 1.54) is 16.1 Å². The molecule has 1 fully saturated rings. The zero-order chi connectivity index (χ0) is 14.8. The van der Waals surface area contributed by atoms with Gasteiger partial charge in [-0.05, 0) is 0 Å². The molecule has 1 N–H and O–H groups in total. The molecule has 0 spiro atoms. The summed E-state index contributed by atoms with van der Waals surface area (Å²) in [5.74, 6) is 0.369. The molecule has 0 saturated carbocycles. The van der Waals surface area contributed by atoms with Crippen LogP contribution in [-0.2, 0) is 21.9 Å². The van der Waals surface area contributed by atoms with Gasteiger partial charge in [0.05, 0.1) is 12.2 Å². The largest absolute Gasteiger partial charge is 0.355 e. The molecule has 8 nitrogen and oxygen atoms in total. The summed E-state index contributed by atoms with van der Waals surface area (Å²) < 4.78 is 25.5. The summed E-state index contributed by atoms with van der Waals surface area (Å²) in [5, 5.41) is 11.3. The summed E-state index contributed by atoms with van der Waals surface area (Å²) in [6.45, 7) is 1.08. The van der Waals surface area contributed by atoms with Crippen molar-refractivity contribution in [3.8, 4) is 0 Å². The van der Waals surface area contributed by atoms with Crippen LogP contribution in [0, 0.1) is 5.92 Å². The number of nitrogens with zero attached hydrogens (tertiary/aromatic N) is 4. The van der Waals surface area contributed by atoms with E-state index in [2.05, 4.69) is 15.5 Å². The lowest BCUT2D eigenvalue weighted by Crippen LogP contribution is -2.55. The standard InChI is InChI=1S/C10H17N5O3S2/c1-14-7-12-13-10(14)19-4-3-11-9(16)8-5-15(6-8)20(2,17)18/h7-8H,3-6H2,1-2H3,(H,11,16). The van der Waals surface area contributed by atoms with Gasteiger partial charge in [0, 0.05) is 32.4 Å². The first-order chi connectivity index (χ1) is 9.38. The molecule has 0 aliphatic carbocycles. The Bertz CT molecular complexity index is 579. The molecule has 1 aliphatic rings. The van der Waals surface area contributed by atoms with Crippen LogP contribution in [0.4, 0.5) is 0 Å². The van der Waals surface area contributed by atoms with Crippen LogP contribution in [0.2, 0.25) is 0 Å². The molecule has 20 heavy (non-hydrogen) atoms. The van der Waals surface area contributed by atoms with Crippen molar-refractivity contribution < 1.29 is 13.2 Å². The third-order valence-electron chi connectivity index (χ3n) is 2.99. The number of carbonyl (C=O) groups is 1. The van der Waals surface area contributed by atoms with Crippen molar-refractivity contribution in [2.75, 3.05) is 31.6 Å². The molecule has 112 valence electrons. The van der Waals surface area contributed by atoms with Gasteiger partial charge in [-0.1, -0.05) is 11.8 Å². The minimum absolute atomic E-state index is 0.0940. The quantitative estimate of drug-likeness (QED) is 0.529. The smallest absolute Gasteiger partial charge is 0.225 e. The average molecular weight is 319 g/mol. The monoisotopic (exact) mass is 319 g/mol. The van der Waals surface area contributed by atoms with Crippen LogP contribution < -0.4 is 5.32 Å². The van der Waals surface area contributed by atoms with Gasteiger partial charge in [-0.25, -0.2) is 12.7 Å². The van der Waals surface area contributed by atoms with Gasteiger partial charge in [-0.15, -0.1) is 10.2 Å². The Morgan fingerprint density at radius 3 is 2.80 bits per heavy atom. The molecule has 0 bridgehead atoms. The highest BCUT2D eigenvalue weighted by Crippen LogP contribution is 2.18. The molecule has 0 radical (unpaired) electrons. The maximum absolute atomic E-state index is 11.8. The van der Waals surface area contributed by atoms with Gasteiger partial charge in [0.2, 0.25) is 15.9 Å². The number of carbonyl (C=O) groups excluding carboxylic acids is 1. The average Bonchev–Trinajstić information content (AvgIpc) is 2.66. The first-order valence-electron chi connectivity index (χ1n) is 6.07. The van der Waals surface area contributed by atoms with Crippen molar-refractivity contribution in [1.82, 2.24) is 24.4 Å². The van der Waals surface area contributed by atoms with Crippen LogP contribution in [0.15, 0.2) is 11.5 Å². The Kier molecular flexibility index (Phi) is 4.66. The number of nitrogens with one attached hydrogen (secondary N) is 1. The normalized spacial score (nSPS) is 16.9. The van der Waals surface area contributed by atoms with Gasteiger partial charge in [0.25, 0.3) is 0 Å². The van der Waals surface area contributed by atoms with Crippen LogP contribution >= 0.6 is 11.8 Å². The fraction of sp³-hybridized carbons (Fsp3) is 0.700. The minimum atomic E-state index is -3.16. The summed E-state index contributed by atoms with van der Waals surface area (Å²) in [4.78, 5) is 11.8. The van der Waals surface area contributed by atoms with Crippen molar-refractivity contribution in [3.63, 3.8) is 0 Å². The predicted molar refractivity (Wildman–Crippen MR) is 74.6 cm³/mol. The molecule has 1 aliphatic heterocycles. The third kappa shape index (κ3) is 3.70. The van der Waals surface area contributed by atoms with Gasteiger partial charge in [-0.3, -0.25) is 4.79 Å². The molecule has 0 aromatic carbocycles. The Hall–Kier alpha value is -1.13. The van der Waals surface area contributed by atoms with Gasteiger partial charge in [0.1, 0.15) is 6.33 Å². The van der Waals surface area contributed by atoms with E-state index in [0.717, 1.165) is 11.4 Å². The van der Waals surface area contributed by atoms with E-state index < -0.39 is 10.0 Å². The molecule has 0 atom stereocenters. The van der Waals surface area contributed by atoms with E-state index in [0.29, 0.717) is 12.3 Å². The van der Waals surface area contributed by atoms with Crippen LogP contribution in [0.5, 0.6) is 0 Å². The van der Waals surface area contributed by atoms with Crippen molar-refractivity contribution in [2.24, 2.45) is 13.0 Å². The molecule has 1 aromatic heterocycles. The molecule has 1 aromatic rings. The second-order valence-corrected chi connectivity index (χ2v) is 7.69. The summed E-state index contributed by atoms with van der Waals surface area (Å²) in [5.41, 5.74) is 0. The number of amides is 1. The molecule has 2 rings (SSSR count). The second-order valence-electron chi connectivity index (χ2n) is 4.64. The van der Waals surface area contributed by atoms with Crippen LogP contribution in [0.3, 0.4) is 0 Å². The van der Waals surface area contributed by atoms with E-state index in [-0.39, 0.29) is 24.9 Å². The van der Waals surface area contributed by atoms with E-state index in [9.17, 15) is 13.2 Å². The first-order valence-corrected chi connectivity index (χ1v) is 8.91. The molecular formula is C10H17N5O3S2. The van der Waals surface area contributed by atoms with Gasteiger partial charge < -0.3 is 9.88 Å². The summed E-state index contributed by atoms with van der Waals surface area (Å²) in [7, 11) is -1.30. The van der Waals surface area contributed by atoms with E-state index in [1.807, 2.05) is 11.6 Å². The number of rotatable bonds is 6. The lowest BCUT2D eigenvalue weighted by Gasteiger charge is -2.35. The fourth-order valence-electron chi connectivity index (χ4n) is 1.74. The fourth-order valence-corrected chi connectivity index (χ4v) is 3.38. The highest BCUT2D eigenvalue weighted by molar-refractivity contribution is 7.99. The van der Waals surface area contributed by atoms with Gasteiger partial charge >= 0.3 is 0 Å². The predicted octanol–water partition coefficient (Wildman–Crippen LogP) is -1.09. The number of hydrogen-bond donors (Lipinski definition) is 1. The highest BCUT2D eigenvalue weighted by atomic mass is 32.2. The maximum Gasteiger partial charge on any atom is 0.225 e. The Labute approximate surface area is 122 Å². The highest BCUT2D eigenvalue weighted by Gasteiger charge is 2.37. The number of aromatic nitrogens is 3. The number of thioether (sulfide) groups is 1. The van der Waals surface area contributed by atoms with Crippen LogP contribution in [-0.4, -0.2) is 65.0 Å². The zero-order valence-corrected chi connectivity index (χ0v) is 12.9. The number of aryl methyl sites for hydroxylation is 1. The summed E-state index contributed by atoms with van der Waals surface area (Å²) in [6, 6.07) is 0. The zero-order valence-electron chi connectivity index (χ0n) is 11.3. The lowest BCUT2D eigenvalue weighted by molar-refractivity contribution is -0.128. The van der Waals surface area contributed by atoms with E-state index in [4.69, 9.17) is 0 Å². The molecule has 2 heterocycles. The molecule has 1 amide bonds. The van der Waals surface area contributed by atoms with Crippen molar-refractivity contribution in [2.45, 2.75) is 5.16 Å². The minimum Gasteiger partial charge on any atom is -0.355 e. The Morgan fingerprint density at radius 2 is 2.25 bits per heavy atom. The number of hydrogen-bond acceptors (Lipinski definition) is 6. The van der Waals surface area contributed by atoms with Crippen LogP contribution in [0.25, 0.3) is 0 Å². The first kappa shape index (κ1) is 15.3. The molecule has 10 heteroatoms. The summed E-state index contributed by atoms with van der Waals surface area (Å²) in [6.07, 6.45) is 2.77. The van der Waals surface area contributed by atoms with E-state index in [1.54, 1.807) is 6.33 Å². The second kappa shape index (κ2) is 6.10. The number of sulfonamides is 1. The van der Waals surface area contributed by atoms with Gasteiger partial charge in [0.15, 0.2) is 5.16 Å². The van der Waals surface area contributed by atoms with E-state index >= 15 is 0 Å². The molecular weight excluding hydrogens is 302 g/mol. The van der Waals surface area contributed by atoms with Crippen LogP contribution in [0.1, 0.15) is 0 Å². The SMILES string of the molecule is Cn1cnnc1SCCNC(=O)C1CN(S(C)(=O)=O)C1.